The van der Waals surface area contributed by atoms with Gasteiger partial charge in [0, 0.05) is 74.6 Å². The molecule has 3 amide bonds. The van der Waals surface area contributed by atoms with Crippen LogP contribution in [0.4, 0.5) is 17.1 Å². The fourth-order valence-electron chi connectivity index (χ4n) is 7.86. The first kappa shape index (κ1) is 49.9. The summed E-state index contributed by atoms with van der Waals surface area (Å²) in [4.78, 5) is 75.4. The predicted octanol–water partition coefficient (Wildman–Crippen LogP) is 8.84. The minimum atomic E-state index is -0.930. The van der Waals surface area contributed by atoms with Gasteiger partial charge in [0.15, 0.2) is 11.5 Å². The van der Waals surface area contributed by atoms with E-state index in [1.807, 2.05) is 70.4 Å². The predicted molar refractivity (Wildman–Crippen MR) is 265 cm³/mol. The van der Waals surface area contributed by atoms with Gasteiger partial charge in [0.1, 0.15) is 17.2 Å². The van der Waals surface area contributed by atoms with Crippen molar-refractivity contribution < 1.29 is 38.2 Å². The average molecular weight is 933 g/mol. The van der Waals surface area contributed by atoms with Crippen molar-refractivity contribution in [2.24, 2.45) is 11.3 Å². The number of aryl methyl sites for hydroxylation is 1. The van der Waals surface area contributed by atoms with Crippen LogP contribution in [0.25, 0.3) is 20.8 Å². The summed E-state index contributed by atoms with van der Waals surface area (Å²) in [6.45, 7) is 8.49. The number of nitrogens with zero attached hydrogens (tertiary/aromatic N) is 3. The molecule has 67 heavy (non-hydrogen) atoms. The lowest BCUT2D eigenvalue weighted by atomic mass is 9.83. The molecule has 1 aliphatic rings. The second kappa shape index (κ2) is 22.8. The number of nitrogens with one attached hydrogen (secondary N) is 3. The van der Waals surface area contributed by atoms with Gasteiger partial charge in [-0.05, 0) is 116 Å². The number of benzene rings is 4. The summed E-state index contributed by atoms with van der Waals surface area (Å²) in [5.41, 5.74) is 5.14. The molecule has 14 nitrogen and oxygen atoms in total. The summed E-state index contributed by atoms with van der Waals surface area (Å²) >= 11 is 1.64. The van der Waals surface area contributed by atoms with Crippen molar-refractivity contribution in [3.8, 4) is 22.1 Å². The zero-order valence-corrected chi connectivity index (χ0v) is 40.7. The summed E-state index contributed by atoms with van der Waals surface area (Å²) in [5.74, 6) is -1.10. The Morgan fingerprint density at radius 1 is 0.881 bits per heavy atom. The van der Waals surface area contributed by atoms with Gasteiger partial charge >= 0.3 is 5.97 Å². The molecule has 3 N–H and O–H groups in total. The van der Waals surface area contributed by atoms with Crippen molar-refractivity contribution in [3.63, 3.8) is 0 Å². The van der Waals surface area contributed by atoms with Crippen LogP contribution in [-0.4, -0.2) is 93.3 Å². The van der Waals surface area contributed by atoms with E-state index >= 15 is 0 Å². The van der Waals surface area contributed by atoms with E-state index in [9.17, 15) is 24.0 Å². The molecule has 15 heteroatoms. The number of methoxy groups -OCH3 is 2. The third kappa shape index (κ3) is 13.1. The van der Waals surface area contributed by atoms with Gasteiger partial charge in [-0.15, -0.1) is 11.3 Å². The van der Waals surface area contributed by atoms with E-state index in [4.69, 9.17) is 19.2 Å². The summed E-state index contributed by atoms with van der Waals surface area (Å²) in [6.07, 6.45) is 1.54. The Hall–Kier alpha value is -6.48. The van der Waals surface area contributed by atoms with E-state index in [2.05, 4.69) is 45.1 Å². The Bertz CT molecular complexity index is 2540. The molecule has 0 bridgehead atoms. The molecule has 1 saturated heterocycles. The van der Waals surface area contributed by atoms with Crippen molar-refractivity contribution >= 4 is 68.1 Å². The Balaban J connectivity index is 1.05. The van der Waals surface area contributed by atoms with Gasteiger partial charge in [0.05, 0.1) is 24.4 Å². The SMILES string of the molecule is CCC(C)(C)C(=O)C(=O)N1CCC(C)CC1C(=O)OC(CCc1ccc(OC)c(OC)c1)c1cccc(NC(=O)CCC(=O)NCCNc2ccc3sc(-c4ccc(N(C)C)cc4)nc3c2)c1. The molecule has 5 aromatic rings. The van der Waals surface area contributed by atoms with Crippen LogP contribution < -0.4 is 30.3 Å². The number of piperidine rings is 1. The van der Waals surface area contributed by atoms with Gasteiger partial charge in [-0.3, -0.25) is 19.2 Å². The van der Waals surface area contributed by atoms with Crippen molar-refractivity contribution in [2.75, 3.05) is 63.5 Å². The van der Waals surface area contributed by atoms with Gasteiger partial charge in [0.2, 0.25) is 17.6 Å². The standard InChI is InChI=1S/C52H64N6O8S/c1-9-52(3,4)48(61)50(62)58-28-25-33(2)29-41(58)51(63)66-42(20-13-34-14-21-43(64-7)44(30-34)65-8)36-11-10-12-38(31-36)55-47(60)24-23-46(59)54-27-26-53-37-17-22-45-40(32-37)56-49(67-45)35-15-18-39(19-16-35)57(5)6/h10-12,14-19,21-22,30-33,41-42,53H,9,13,20,23-29H2,1-8H3,(H,54,59)(H,55,60). The van der Waals surface area contributed by atoms with Gasteiger partial charge in [0.25, 0.3) is 5.91 Å². The van der Waals surface area contributed by atoms with Crippen LogP contribution in [0.5, 0.6) is 11.5 Å². The lowest BCUT2D eigenvalue weighted by Gasteiger charge is -2.38. The highest BCUT2D eigenvalue weighted by molar-refractivity contribution is 7.21. The number of carbonyl (C=O) groups excluding carboxylic acids is 5. The number of carbonyl (C=O) groups is 5. The minimum Gasteiger partial charge on any atom is -0.493 e. The molecule has 4 aromatic carbocycles. The van der Waals surface area contributed by atoms with Crippen molar-refractivity contribution in [1.82, 2.24) is 15.2 Å². The van der Waals surface area contributed by atoms with Crippen LogP contribution in [0, 0.1) is 11.3 Å². The fourth-order valence-corrected chi connectivity index (χ4v) is 8.81. The highest BCUT2D eigenvalue weighted by Crippen LogP contribution is 2.35. The zero-order valence-electron chi connectivity index (χ0n) is 39.9. The quantitative estimate of drug-likeness (QED) is 0.0365. The molecule has 1 fully saturated rings. The number of aromatic nitrogens is 1. The smallest absolute Gasteiger partial charge is 0.329 e. The fraction of sp³-hybridized carbons (Fsp3) is 0.423. The van der Waals surface area contributed by atoms with Crippen LogP contribution in [0.15, 0.2) is 84.9 Å². The highest BCUT2D eigenvalue weighted by atomic mass is 32.1. The Morgan fingerprint density at radius 2 is 1.63 bits per heavy atom. The molecule has 2 heterocycles. The monoisotopic (exact) mass is 932 g/mol. The summed E-state index contributed by atoms with van der Waals surface area (Å²) in [6, 6.07) is 26.1. The number of Topliss-reactive ketones (excluding diaryl/α,β-unsaturated/α-hetero) is 1. The lowest BCUT2D eigenvalue weighted by Crippen LogP contribution is -2.54. The molecule has 6 rings (SSSR count). The van der Waals surface area contributed by atoms with Crippen LogP contribution in [-0.2, 0) is 35.1 Å². The number of hydrogen-bond donors (Lipinski definition) is 3. The van der Waals surface area contributed by atoms with Crippen molar-refractivity contribution in [1.29, 1.82) is 0 Å². The number of rotatable bonds is 21. The zero-order chi connectivity index (χ0) is 48.3. The first-order valence-corrected chi connectivity index (χ1v) is 23.8. The molecule has 3 unspecified atom stereocenters. The molecular weight excluding hydrogens is 869 g/mol. The summed E-state index contributed by atoms with van der Waals surface area (Å²) in [7, 11) is 7.16. The molecule has 0 saturated carbocycles. The number of fused-ring (bicyclic) bond motifs is 1. The van der Waals surface area contributed by atoms with Crippen LogP contribution in [0.2, 0.25) is 0 Å². The molecule has 0 spiro atoms. The largest absolute Gasteiger partial charge is 0.493 e. The van der Waals surface area contributed by atoms with E-state index in [0.29, 0.717) is 67.9 Å². The van der Waals surface area contributed by atoms with E-state index < -0.39 is 35.2 Å². The number of thiazole rings is 1. The number of esters is 1. The summed E-state index contributed by atoms with van der Waals surface area (Å²) < 4.78 is 18.3. The van der Waals surface area contributed by atoms with E-state index in [1.165, 1.54) is 4.90 Å². The second-order valence-corrected chi connectivity index (χ2v) is 19.0. The maximum Gasteiger partial charge on any atom is 0.329 e. The minimum absolute atomic E-state index is 0.00680. The van der Waals surface area contributed by atoms with Crippen LogP contribution in [0.1, 0.15) is 83.5 Å². The average Bonchev–Trinajstić information content (AvgIpc) is 3.76. The number of anilines is 3. The van der Waals surface area contributed by atoms with Crippen molar-refractivity contribution in [2.45, 2.75) is 84.8 Å². The Kier molecular flexibility index (Phi) is 17.0. The molecule has 0 radical (unpaired) electrons. The van der Waals surface area contributed by atoms with E-state index in [-0.39, 0.29) is 37.1 Å². The van der Waals surface area contributed by atoms with Gasteiger partial charge in [-0.1, -0.05) is 45.9 Å². The summed E-state index contributed by atoms with van der Waals surface area (Å²) in [5, 5.41) is 10.1. The van der Waals surface area contributed by atoms with Crippen LogP contribution in [0.3, 0.4) is 0 Å². The van der Waals surface area contributed by atoms with E-state index in [0.717, 1.165) is 37.7 Å². The number of ether oxygens (including phenoxy) is 3. The third-order valence-electron chi connectivity index (χ3n) is 12.4. The molecular formula is C52H64N6O8S. The second-order valence-electron chi connectivity index (χ2n) is 18.0. The maximum atomic E-state index is 14.2. The Morgan fingerprint density at radius 3 is 2.34 bits per heavy atom. The molecule has 1 aromatic heterocycles. The number of likely N-dealkylation sites (tertiary alicyclic amines) is 1. The van der Waals surface area contributed by atoms with Gasteiger partial charge in [-0.25, -0.2) is 9.78 Å². The normalized spacial score (nSPS) is 15.3. The molecule has 1 aliphatic heterocycles. The highest BCUT2D eigenvalue weighted by Gasteiger charge is 2.42. The molecule has 0 aliphatic carbocycles. The first-order valence-electron chi connectivity index (χ1n) is 22.9. The lowest BCUT2D eigenvalue weighted by molar-refractivity contribution is -0.165. The van der Waals surface area contributed by atoms with Crippen molar-refractivity contribution in [3.05, 3.63) is 96.1 Å². The van der Waals surface area contributed by atoms with Crippen LogP contribution >= 0.6 is 11.3 Å². The van der Waals surface area contributed by atoms with E-state index in [1.54, 1.807) is 57.6 Å². The number of amides is 3. The third-order valence-corrected chi connectivity index (χ3v) is 13.5. The molecule has 3 atom stereocenters. The first-order chi connectivity index (χ1) is 32.1. The maximum absolute atomic E-state index is 14.2. The number of hydrogen-bond acceptors (Lipinski definition) is 12. The topological polar surface area (TPSA) is 168 Å². The molecule has 356 valence electrons. The number of ketones is 1. The van der Waals surface area contributed by atoms with Gasteiger partial charge < -0.3 is 40.0 Å². The Labute approximate surface area is 397 Å². The van der Waals surface area contributed by atoms with Gasteiger partial charge in [-0.2, -0.15) is 0 Å².